The van der Waals surface area contributed by atoms with Gasteiger partial charge in [0.05, 0.1) is 23.0 Å². The smallest absolute Gasteiger partial charge is 0.229 e. The Labute approximate surface area is 170 Å². The van der Waals surface area contributed by atoms with Gasteiger partial charge in [0.15, 0.2) is 15.5 Å². The van der Waals surface area contributed by atoms with Crippen molar-refractivity contribution in [2.24, 2.45) is 0 Å². The van der Waals surface area contributed by atoms with Crippen LogP contribution in [-0.4, -0.2) is 84.0 Å². The van der Waals surface area contributed by atoms with Crippen molar-refractivity contribution in [2.45, 2.75) is 11.4 Å². The number of hydrogen-bond donors (Lipinski definition) is 1. The van der Waals surface area contributed by atoms with Crippen molar-refractivity contribution in [3.05, 3.63) is 36.7 Å². The molecular weight excluding hydrogens is 390 g/mol. The second kappa shape index (κ2) is 8.05. The molecule has 1 aliphatic rings. The standard InChI is InChI=1S/C19H25N7O2S/c1-24-7-9-25(10-8-24)11-12-26-18-15(14-21-26)13-20-19(23-18)22-16-3-5-17(6-4-16)29(2,27)28/h3-6,13-14H,7-12H2,1-2H3,(H,20,22,23). The van der Waals surface area contributed by atoms with E-state index in [1.165, 1.54) is 6.26 Å². The lowest BCUT2D eigenvalue weighted by Gasteiger charge is -2.32. The lowest BCUT2D eigenvalue weighted by atomic mass is 10.3. The minimum absolute atomic E-state index is 0.279. The highest BCUT2D eigenvalue weighted by molar-refractivity contribution is 7.90. The Morgan fingerprint density at radius 1 is 1.03 bits per heavy atom. The molecule has 4 rings (SSSR count). The van der Waals surface area contributed by atoms with Gasteiger partial charge in [0, 0.05) is 50.9 Å². The van der Waals surface area contributed by atoms with Crippen LogP contribution in [0.2, 0.25) is 0 Å². The number of nitrogens with one attached hydrogen (secondary N) is 1. The number of nitrogens with zero attached hydrogens (tertiary/aromatic N) is 6. The summed E-state index contributed by atoms with van der Waals surface area (Å²) in [6.45, 7) is 6.03. The van der Waals surface area contributed by atoms with Crippen LogP contribution >= 0.6 is 0 Å². The molecule has 9 nitrogen and oxygen atoms in total. The average Bonchev–Trinajstić information content (AvgIpc) is 3.10. The van der Waals surface area contributed by atoms with Crippen molar-refractivity contribution in [3.63, 3.8) is 0 Å². The first-order valence-electron chi connectivity index (χ1n) is 9.55. The van der Waals surface area contributed by atoms with Crippen molar-refractivity contribution in [2.75, 3.05) is 51.3 Å². The minimum Gasteiger partial charge on any atom is -0.324 e. The topological polar surface area (TPSA) is 96.2 Å². The van der Waals surface area contributed by atoms with Gasteiger partial charge in [0.1, 0.15) is 0 Å². The van der Waals surface area contributed by atoms with Gasteiger partial charge in [-0.1, -0.05) is 0 Å². The Hall–Kier alpha value is -2.56. The highest BCUT2D eigenvalue weighted by Gasteiger charge is 2.14. The molecule has 1 fully saturated rings. The molecule has 0 radical (unpaired) electrons. The Morgan fingerprint density at radius 3 is 2.45 bits per heavy atom. The first kappa shape index (κ1) is 19.7. The predicted molar refractivity (Wildman–Crippen MR) is 112 cm³/mol. The number of benzene rings is 1. The molecule has 29 heavy (non-hydrogen) atoms. The van der Waals surface area contributed by atoms with E-state index in [0.717, 1.165) is 56.0 Å². The van der Waals surface area contributed by atoms with E-state index in [0.29, 0.717) is 5.95 Å². The second-order valence-electron chi connectivity index (χ2n) is 7.41. The molecule has 0 atom stereocenters. The van der Waals surface area contributed by atoms with Crippen LogP contribution in [-0.2, 0) is 16.4 Å². The normalized spacial score (nSPS) is 16.3. The summed E-state index contributed by atoms with van der Waals surface area (Å²) in [5, 5.41) is 8.48. The molecule has 1 aliphatic heterocycles. The van der Waals surface area contributed by atoms with Crippen LogP contribution < -0.4 is 5.32 Å². The third-order valence-electron chi connectivity index (χ3n) is 5.14. The molecule has 10 heteroatoms. The van der Waals surface area contributed by atoms with E-state index < -0.39 is 9.84 Å². The number of sulfone groups is 1. The summed E-state index contributed by atoms with van der Waals surface area (Å²) in [6, 6.07) is 6.54. The zero-order valence-corrected chi connectivity index (χ0v) is 17.4. The van der Waals surface area contributed by atoms with Gasteiger partial charge >= 0.3 is 0 Å². The molecule has 0 unspecified atom stereocenters. The largest absolute Gasteiger partial charge is 0.324 e. The van der Waals surface area contributed by atoms with Crippen LogP contribution in [0.25, 0.3) is 11.0 Å². The fourth-order valence-corrected chi connectivity index (χ4v) is 3.94. The van der Waals surface area contributed by atoms with Crippen molar-refractivity contribution in [3.8, 4) is 0 Å². The van der Waals surface area contributed by atoms with Gasteiger partial charge in [-0.05, 0) is 31.3 Å². The average molecular weight is 416 g/mol. The first-order valence-corrected chi connectivity index (χ1v) is 11.4. The second-order valence-corrected chi connectivity index (χ2v) is 9.42. The number of aromatic nitrogens is 4. The fourth-order valence-electron chi connectivity index (χ4n) is 3.31. The van der Waals surface area contributed by atoms with Gasteiger partial charge in [-0.15, -0.1) is 0 Å². The van der Waals surface area contributed by atoms with Gasteiger partial charge in [-0.2, -0.15) is 10.1 Å². The highest BCUT2D eigenvalue weighted by atomic mass is 32.2. The van der Waals surface area contributed by atoms with E-state index in [9.17, 15) is 8.42 Å². The predicted octanol–water partition coefficient (Wildman–Crippen LogP) is 1.22. The molecular formula is C19H25N7O2S. The highest BCUT2D eigenvalue weighted by Crippen LogP contribution is 2.19. The van der Waals surface area contributed by atoms with Crippen LogP contribution in [0.4, 0.5) is 11.6 Å². The Morgan fingerprint density at radius 2 is 1.76 bits per heavy atom. The van der Waals surface area contributed by atoms with Crippen LogP contribution in [0.15, 0.2) is 41.6 Å². The summed E-state index contributed by atoms with van der Waals surface area (Å²) >= 11 is 0. The van der Waals surface area contributed by atoms with E-state index in [-0.39, 0.29) is 4.90 Å². The monoisotopic (exact) mass is 415 g/mol. The van der Waals surface area contributed by atoms with Crippen molar-refractivity contribution < 1.29 is 8.42 Å². The van der Waals surface area contributed by atoms with Crippen molar-refractivity contribution in [1.82, 2.24) is 29.5 Å². The molecule has 2 aromatic heterocycles. The molecule has 3 aromatic rings. The number of fused-ring (bicyclic) bond motifs is 1. The van der Waals surface area contributed by atoms with Crippen molar-refractivity contribution in [1.29, 1.82) is 0 Å². The Kier molecular flexibility index (Phi) is 5.48. The van der Waals surface area contributed by atoms with Gasteiger partial charge in [0.2, 0.25) is 5.95 Å². The lowest BCUT2D eigenvalue weighted by molar-refractivity contribution is 0.149. The third kappa shape index (κ3) is 4.72. The van der Waals surface area contributed by atoms with E-state index in [1.54, 1.807) is 36.7 Å². The van der Waals surface area contributed by atoms with Crippen LogP contribution in [0, 0.1) is 0 Å². The quantitative estimate of drug-likeness (QED) is 0.642. The molecule has 0 amide bonds. The summed E-state index contributed by atoms with van der Waals surface area (Å²) < 4.78 is 25.1. The van der Waals surface area contributed by atoms with Gasteiger partial charge in [0.25, 0.3) is 0 Å². The van der Waals surface area contributed by atoms with Gasteiger partial charge < -0.3 is 10.2 Å². The maximum atomic E-state index is 11.6. The fraction of sp³-hybridized carbons (Fsp3) is 0.421. The molecule has 0 aliphatic carbocycles. The van der Waals surface area contributed by atoms with Gasteiger partial charge in [-0.3, -0.25) is 4.90 Å². The van der Waals surface area contributed by atoms with Crippen LogP contribution in [0.3, 0.4) is 0 Å². The molecule has 0 spiro atoms. The summed E-state index contributed by atoms with van der Waals surface area (Å²) in [5.74, 6) is 0.450. The Balaban J connectivity index is 1.46. The molecule has 1 saturated heterocycles. The molecule has 0 saturated carbocycles. The molecule has 3 heterocycles. The molecule has 0 bridgehead atoms. The number of piperazine rings is 1. The summed E-state index contributed by atoms with van der Waals surface area (Å²) in [7, 11) is -1.06. The third-order valence-corrected chi connectivity index (χ3v) is 6.27. The molecule has 1 aromatic carbocycles. The number of rotatable bonds is 6. The summed E-state index contributed by atoms with van der Waals surface area (Å²) in [4.78, 5) is 14.0. The number of likely N-dealkylation sites (N-methyl/N-ethyl adjacent to an activating group) is 1. The SMILES string of the molecule is CN1CCN(CCn2ncc3cnc(Nc4ccc(S(C)(=O)=O)cc4)nc32)CC1. The summed E-state index contributed by atoms with van der Waals surface area (Å²) in [6.07, 6.45) is 4.72. The number of hydrogen-bond acceptors (Lipinski definition) is 8. The molecule has 1 N–H and O–H groups in total. The summed E-state index contributed by atoms with van der Waals surface area (Å²) in [5.41, 5.74) is 1.50. The van der Waals surface area contributed by atoms with Crippen LogP contribution in [0.1, 0.15) is 0 Å². The maximum Gasteiger partial charge on any atom is 0.229 e. The van der Waals surface area contributed by atoms with Crippen molar-refractivity contribution >= 4 is 32.5 Å². The van der Waals surface area contributed by atoms with E-state index in [1.807, 2.05) is 4.68 Å². The van der Waals surface area contributed by atoms with Crippen LogP contribution in [0.5, 0.6) is 0 Å². The number of anilines is 2. The van der Waals surface area contributed by atoms with E-state index >= 15 is 0 Å². The minimum atomic E-state index is -3.22. The van der Waals surface area contributed by atoms with E-state index in [4.69, 9.17) is 0 Å². The first-order chi connectivity index (χ1) is 13.9. The van der Waals surface area contributed by atoms with E-state index in [2.05, 4.69) is 37.2 Å². The zero-order valence-electron chi connectivity index (χ0n) is 16.6. The maximum absolute atomic E-state index is 11.6. The zero-order chi connectivity index (χ0) is 20.4. The Bertz CT molecular complexity index is 1090. The lowest BCUT2D eigenvalue weighted by Crippen LogP contribution is -2.45. The molecule has 154 valence electrons. The van der Waals surface area contributed by atoms with Gasteiger partial charge in [-0.25, -0.2) is 18.1 Å².